The van der Waals surface area contributed by atoms with Crippen LogP contribution in [0.5, 0.6) is 5.75 Å². The Kier molecular flexibility index (Phi) is 7.45. The molecule has 0 saturated carbocycles. The van der Waals surface area contributed by atoms with Crippen molar-refractivity contribution in [1.29, 1.82) is 0 Å². The molecule has 1 saturated heterocycles. The number of rotatable bonds is 7. The average molecular weight is 386 g/mol. The molecule has 2 N–H and O–H groups in total. The maximum Gasteiger partial charge on any atom is 0.166 e. The smallest absolute Gasteiger partial charge is 0.166 e. The minimum atomic E-state index is 0.142. The molecule has 0 aliphatic carbocycles. The summed E-state index contributed by atoms with van der Waals surface area (Å²) in [4.78, 5) is 2.43. The molecule has 0 radical (unpaired) electrons. The second kappa shape index (κ2) is 10.3. The highest BCUT2D eigenvalue weighted by Crippen LogP contribution is 2.11. The van der Waals surface area contributed by atoms with Crippen molar-refractivity contribution in [3.63, 3.8) is 0 Å². The topological polar surface area (TPSA) is 45.8 Å². The van der Waals surface area contributed by atoms with Crippen LogP contribution in [-0.4, -0.2) is 49.5 Å². The highest BCUT2D eigenvalue weighted by atomic mass is 32.1. The zero-order valence-electron chi connectivity index (χ0n) is 15.7. The molecule has 1 atom stereocenters. The van der Waals surface area contributed by atoms with Gasteiger partial charge in [0, 0.05) is 32.7 Å². The number of hydrogen-bond donors (Lipinski definition) is 2. The van der Waals surface area contributed by atoms with E-state index in [-0.39, 0.29) is 6.10 Å². The lowest BCUT2D eigenvalue weighted by molar-refractivity contribution is -0.0280. The maximum absolute atomic E-state index is 5.88. The number of thiocarbonyl (C=S) groups is 1. The SMILES string of the molecule is COc1ccc(CNC(=S)NC[C@H]2CN(Cc3ccccc3)CCO2)cc1. The van der Waals surface area contributed by atoms with Gasteiger partial charge in [-0.05, 0) is 35.5 Å². The Morgan fingerprint density at radius 2 is 1.89 bits per heavy atom. The Balaban J connectivity index is 1.37. The van der Waals surface area contributed by atoms with Crippen molar-refractivity contribution in [1.82, 2.24) is 15.5 Å². The summed E-state index contributed by atoms with van der Waals surface area (Å²) >= 11 is 5.39. The third-order valence-electron chi connectivity index (χ3n) is 4.57. The average Bonchev–Trinajstić information content (AvgIpc) is 2.72. The number of hydrogen-bond acceptors (Lipinski definition) is 4. The van der Waals surface area contributed by atoms with Crippen LogP contribution in [0.25, 0.3) is 0 Å². The van der Waals surface area contributed by atoms with Crippen LogP contribution in [0.3, 0.4) is 0 Å². The fourth-order valence-electron chi connectivity index (χ4n) is 3.08. The van der Waals surface area contributed by atoms with E-state index < -0.39 is 0 Å². The summed E-state index contributed by atoms with van der Waals surface area (Å²) in [6, 6.07) is 18.5. The minimum Gasteiger partial charge on any atom is -0.497 e. The van der Waals surface area contributed by atoms with Crippen molar-refractivity contribution in [2.24, 2.45) is 0 Å². The molecular formula is C21H27N3O2S. The molecule has 0 aromatic heterocycles. The minimum absolute atomic E-state index is 0.142. The number of methoxy groups -OCH3 is 1. The Bertz CT molecular complexity index is 709. The van der Waals surface area contributed by atoms with Crippen LogP contribution in [0.2, 0.25) is 0 Å². The molecule has 0 amide bonds. The van der Waals surface area contributed by atoms with E-state index in [9.17, 15) is 0 Å². The summed E-state index contributed by atoms with van der Waals surface area (Å²) in [5.74, 6) is 0.856. The monoisotopic (exact) mass is 385 g/mol. The molecule has 6 heteroatoms. The zero-order valence-corrected chi connectivity index (χ0v) is 16.5. The van der Waals surface area contributed by atoms with Crippen LogP contribution >= 0.6 is 12.2 Å². The van der Waals surface area contributed by atoms with E-state index in [1.165, 1.54) is 5.56 Å². The van der Waals surface area contributed by atoms with Gasteiger partial charge in [-0.15, -0.1) is 0 Å². The van der Waals surface area contributed by atoms with Crippen molar-refractivity contribution in [2.45, 2.75) is 19.2 Å². The van der Waals surface area contributed by atoms with Crippen LogP contribution in [0.1, 0.15) is 11.1 Å². The highest BCUT2D eigenvalue weighted by Gasteiger charge is 2.20. The van der Waals surface area contributed by atoms with E-state index in [1.54, 1.807) is 7.11 Å². The number of nitrogens with one attached hydrogen (secondary N) is 2. The highest BCUT2D eigenvalue weighted by molar-refractivity contribution is 7.80. The molecule has 3 rings (SSSR count). The van der Waals surface area contributed by atoms with E-state index in [0.717, 1.165) is 37.6 Å². The summed E-state index contributed by atoms with van der Waals surface area (Å²) < 4.78 is 11.0. The maximum atomic E-state index is 5.88. The van der Waals surface area contributed by atoms with Gasteiger partial charge in [0.25, 0.3) is 0 Å². The fourth-order valence-corrected chi connectivity index (χ4v) is 3.24. The van der Waals surface area contributed by atoms with Crippen LogP contribution in [0.15, 0.2) is 54.6 Å². The first kappa shape index (κ1) is 19.6. The van der Waals surface area contributed by atoms with Gasteiger partial charge in [-0.25, -0.2) is 0 Å². The second-order valence-corrected chi connectivity index (χ2v) is 7.03. The summed E-state index contributed by atoms with van der Waals surface area (Å²) in [6.07, 6.45) is 0.142. The summed E-state index contributed by atoms with van der Waals surface area (Å²) in [5, 5.41) is 7.16. The second-order valence-electron chi connectivity index (χ2n) is 6.63. The number of morpholine rings is 1. The predicted octanol–water partition coefficient (Wildman–Crippen LogP) is 2.56. The van der Waals surface area contributed by atoms with Gasteiger partial charge in [-0.3, -0.25) is 4.90 Å². The van der Waals surface area contributed by atoms with Gasteiger partial charge in [0.05, 0.1) is 19.8 Å². The third kappa shape index (κ3) is 6.50. The lowest BCUT2D eigenvalue weighted by Gasteiger charge is -2.33. The number of ether oxygens (including phenoxy) is 2. The summed E-state index contributed by atoms with van der Waals surface area (Å²) in [5.41, 5.74) is 2.49. The van der Waals surface area contributed by atoms with Crippen molar-refractivity contribution < 1.29 is 9.47 Å². The predicted molar refractivity (Wildman–Crippen MR) is 112 cm³/mol. The standard InChI is InChI=1S/C21H27N3O2S/c1-25-19-9-7-17(8-10-19)13-22-21(27)23-14-20-16-24(11-12-26-20)15-18-5-3-2-4-6-18/h2-10,20H,11-16H2,1H3,(H2,22,23,27)/t20-/m0/s1. The van der Waals surface area contributed by atoms with Gasteiger partial charge >= 0.3 is 0 Å². The molecule has 27 heavy (non-hydrogen) atoms. The molecule has 1 aliphatic rings. The molecule has 0 spiro atoms. The van der Waals surface area contributed by atoms with E-state index in [2.05, 4.69) is 45.9 Å². The Morgan fingerprint density at radius 1 is 1.11 bits per heavy atom. The zero-order chi connectivity index (χ0) is 18.9. The fraction of sp³-hybridized carbons (Fsp3) is 0.381. The Morgan fingerprint density at radius 3 is 2.63 bits per heavy atom. The molecule has 144 valence electrons. The van der Waals surface area contributed by atoms with Gasteiger partial charge in [0.15, 0.2) is 5.11 Å². The number of nitrogens with zero attached hydrogens (tertiary/aromatic N) is 1. The van der Waals surface area contributed by atoms with E-state index >= 15 is 0 Å². The molecule has 0 bridgehead atoms. The number of benzene rings is 2. The third-order valence-corrected chi connectivity index (χ3v) is 4.86. The van der Waals surface area contributed by atoms with Crippen LogP contribution in [0, 0.1) is 0 Å². The molecular weight excluding hydrogens is 358 g/mol. The first-order valence-corrected chi connectivity index (χ1v) is 9.66. The molecule has 2 aromatic carbocycles. The van der Waals surface area contributed by atoms with E-state index in [4.69, 9.17) is 21.7 Å². The Labute approximate surface area is 166 Å². The molecule has 1 heterocycles. The van der Waals surface area contributed by atoms with Gasteiger partial charge in [0.2, 0.25) is 0 Å². The van der Waals surface area contributed by atoms with Crippen molar-refractivity contribution in [2.75, 3.05) is 33.4 Å². The quantitative estimate of drug-likeness (QED) is 0.715. The van der Waals surface area contributed by atoms with Crippen LogP contribution in [-0.2, 0) is 17.8 Å². The summed E-state index contributed by atoms with van der Waals surface area (Å²) in [6.45, 7) is 4.97. The van der Waals surface area contributed by atoms with Crippen molar-refractivity contribution in [3.8, 4) is 5.75 Å². The van der Waals surface area contributed by atoms with Gasteiger partial charge in [-0.2, -0.15) is 0 Å². The van der Waals surface area contributed by atoms with E-state index in [1.807, 2.05) is 24.3 Å². The van der Waals surface area contributed by atoms with Crippen LogP contribution in [0.4, 0.5) is 0 Å². The normalized spacial score (nSPS) is 17.3. The molecule has 2 aromatic rings. The first-order chi connectivity index (χ1) is 13.2. The Hall–Kier alpha value is -2.15. The molecule has 0 unspecified atom stereocenters. The van der Waals surface area contributed by atoms with E-state index in [0.29, 0.717) is 18.2 Å². The van der Waals surface area contributed by atoms with Crippen molar-refractivity contribution >= 4 is 17.3 Å². The first-order valence-electron chi connectivity index (χ1n) is 9.25. The van der Waals surface area contributed by atoms with Crippen LogP contribution < -0.4 is 15.4 Å². The lowest BCUT2D eigenvalue weighted by atomic mass is 10.2. The van der Waals surface area contributed by atoms with Gasteiger partial charge < -0.3 is 20.1 Å². The lowest BCUT2D eigenvalue weighted by Crippen LogP contribution is -2.48. The van der Waals surface area contributed by atoms with Crippen molar-refractivity contribution in [3.05, 3.63) is 65.7 Å². The largest absolute Gasteiger partial charge is 0.497 e. The molecule has 5 nitrogen and oxygen atoms in total. The van der Waals surface area contributed by atoms with Gasteiger partial charge in [-0.1, -0.05) is 42.5 Å². The molecule has 1 aliphatic heterocycles. The summed E-state index contributed by atoms with van der Waals surface area (Å²) in [7, 11) is 1.67. The van der Waals surface area contributed by atoms with Gasteiger partial charge in [0.1, 0.15) is 5.75 Å². The molecule has 1 fully saturated rings.